The molecular weight excluding hydrogens is 1550 g/mol. The molecule has 0 spiro atoms. The first-order valence-corrected chi connectivity index (χ1v) is 41.0. The average Bonchev–Trinajstić information content (AvgIpc) is 0.841. The SMILES string of the molecule is Cc1ccc(OP(=O)(Oc2ccc(C)cc2)Oc2ccc(C)cc2)cc1.Cc1ccc(OP(=O)(Oc2ccc(C)cc2)Oc2ccc(C)cc2)cc1.Cc1ccc(OP(=O)(Oc2ccc(C)cc2)Oc2ccc(C)cc2)cc1.Cc1ccc(OP(=O)(Oc2ccc(C)cc2)Oc2ccc(C)cc2)cc1.[O-][Cl+3]([O-])([O-])O.[Zn+2]. The van der Waals surface area contributed by atoms with E-state index in [9.17, 15) is 18.3 Å². The molecule has 0 radical (unpaired) electrons. The molecule has 0 saturated heterocycles. The molecule has 0 amide bonds. The normalized spacial score (nSPS) is 11.0. The quantitative estimate of drug-likeness (QED) is 0.0435. The van der Waals surface area contributed by atoms with Crippen LogP contribution in [0.3, 0.4) is 0 Å². The van der Waals surface area contributed by atoms with Crippen molar-refractivity contribution in [2.75, 3.05) is 0 Å². The molecule has 0 aliphatic carbocycles. The fourth-order valence-electron chi connectivity index (χ4n) is 8.96. The monoisotopic (exact) mass is 1640 g/mol. The maximum atomic E-state index is 13.3. The minimum Gasteiger partial charge on any atom is -0.386 e. The first-order valence-electron chi connectivity index (χ1n) is 33.9. The van der Waals surface area contributed by atoms with Gasteiger partial charge in [-0.05, 0) is 229 Å². The maximum Gasteiger partial charge on any atom is 2.00 e. The van der Waals surface area contributed by atoms with Gasteiger partial charge in [-0.25, -0.2) is 0 Å². The van der Waals surface area contributed by atoms with Gasteiger partial charge in [-0.3, -0.25) is 0 Å². The molecule has 20 nitrogen and oxygen atoms in total. The van der Waals surface area contributed by atoms with E-state index in [4.69, 9.17) is 72.9 Å². The number of phosphoric ester groups is 4. The largest absolute Gasteiger partial charge is 2.00 e. The van der Waals surface area contributed by atoms with Crippen LogP contribution in [0, 0.1) is 93.3 Å². The molecule has 0 aliphatic rings. The van der Waals surface area contributed by atoms with Gasteiger partial charge in [0, 0.05) is 0 Å². The van der Waals surface area contributed by atoms with Crippen LogP contribution in [0.2, 0.25) is 0 Å². The number of aryl methyl sites for hydroxylation is 12. The molecule has 0 aromatic heterocycles. The zero-order valence-electron chi connectivity index (χ0n) is 62.8. The summed E-state index contributed by atoms with van der Waals surface area (Å²) in [5.41, 5.74) is 12.9. The molecule has 12 aromatic rings. The number of benzene rings is 12. The van der Waals surface area contributed by atoms with Gasteiger partial charge in [0.25, 0.3) is 0 Å². The molecule has 26 heteroatoms. The van der Waals surface area contributed by atoms with E-state index in [0.29, 0.717) is 69.0 Å². The van der Waals surface area contributed by atoms with Crippen LogP contribution in [-0.2, 0) is 37.7 Å². The minimum atomic E-state index is -4.69. The molecule has 568 valence electrons. The van der Waals surface area contributed by atoms with Gasteiger partial charge in [0.15, 0.2) is 0 Å². The Kier molecular flexibility index (Phi) is 32.6. The van der Waals surface area contributed by atoms with Gasteiger partial charge in [-0.2, -0.15) is 32.2 Å². The summed E-state index contributed by atoms with van der Waals surface area (Å²) >= 11 is 0. The van der Waals surface area contributed by atoms with E-state index in [1.165, 1.54) is 0 Å². The summed E-state index contributed by atoms with van der Waals surface area (Å²) in [7, 11) is -20.4. The molecule has 0 atom stereocenters. The number of halogens is 1. The first-order chi connectivity index (χ1) is 51.7. The standard InChI is InChI=1S/4C21H21O4P.ClHO4.Zn/c4*1-16-4-10-19(11-5-16)23-26(22,24-20-12-6-17(2)7-13-20)25-21-14-8-18(3)9-15-21;2-1(3,4)5;/h4*4-15H,1-3H3;(H,2,3,4,5);/q;;;;;+2. The first kappa shape index (κ1) is 87.1. The topological polar surface area (TPSA) is 268 Å². The van der Waals surface area contributed by atoms with Gasteiger partial charge in [0.05, 0.1) is 14.9 Å². The van der Waals surface area contributed by atoms with E-state index in [1.807, 2.05) is 229 Å². The Morgan fingerprint density at radius 1 is 0.182 bits per heavy atom. The second-order valence-corrected chi connectivity index (χ2v) is 31.6. The third-order valence-corrected chi connectivity index (χ3v) is 20.1. The smallest absolute Gasteiger partial charge is 0.386 e. The van der Waals surface area contributed by atoms with E-state index < -0.39 is 41.5 Å². The van der Waals surface area contributed by atoms with Crippen LogP contribution in [0.1, 0.15) is 66.8 Å². The molecule has 0 fully saturated rings. The summed E-state index contributed by atoms with van der Waals surface area (Å²) in [6.07, 6.45) is 0. The van der Waals surface area contributed by atoms with E-state index in [-0.39, 0.29) is 19.5 Å². The van der Waals surface area contributed by atoms with Gasteiger partial charge in [-0.1, -0.05) is 212 Å². The Balaban J connectivity index is 0.000000199. The second-order valence-electron chi connectivity index (χ2n) is 25.0. The van der Waals surface area contributed by atoms with E-state index in [1.54, 1.807) is 146 Å². The summed E-state index contributed by atoms with van der Waals surface area (Å²) in [6.45, 7) is 23.6. The summed E-state index contributed by atoms with van der Waals surface area (Å²) < 4.78 is 154. The molecule has 1 N–H and O–H groups in total. The van der Waals surface area contributed by atoms with Crippen molar-refractivity contribution in [2.24, 2.45) is 0 Å². The van der Waals surface area contributed by atoms with Crippen LogP contribution in [-0.4, -0.2) is 4.66 Å². The van der Waals surface area contributed by atoms with Crippen molar-refractivity contribution in [1.82, 2.24) is 0 Å². The fourth-order valence-corrected chi connectivity index (χ4v) is 14.0. The number of hydrogen-bond donors (Lipinski definition) is 1. The fraction of sp³-hybridized carbons (Fsp3) is 0.143. The zero-order chi connectivity index (χ0) is 78.8. The van der Waals surface area contributed by atoms with Crippen molar-refractivity contribution in [3.63, 3.8) is 0 Å². The predicted octanol–water partition coefficient (Wildman–Crippen LogP) is 20.9. The Morgan fingerprint density at radius 3 is 0.291 bits per heavy atom. The van der Waals surface area contributed by atoms with Crippen LogP contribution in [0.5, 0.6) is 69.0 Å². The number of hydrogen-bond acceptors (Lipinski definition) is 20. The Hall–Kier alpha value is -10.1. The van der Waals surface area contributed by atoms with E-state index >= 15 is 0 Å². The van der Waals surface area contributed by atoms with Gasteiger partial charge >= 0.3 is 50.8 Å². The van der Waals surface area contributed by atoms with Gasteiger partial charge < -0.3 is 54.3 Å². The predicted molar refractivity (Wildman–Crippen MR) is 414 cm³/mol. The molecule has 0 heterocycles. The molecule has 110 heavy (non-hydrogen) atoms. The van der Waals surface area contributed by atoms with Crippen LogP contribution >= 0.6 is 31.3 Å². The number of phosphoric acid groups is 4. The van der Waals surface area contributed by atoms with Crippen molar-refractivity contribution >= 4 is 31.3 Å². The molecule has 12 rings (SSSR count). The van der Waals surface area contributed by atoms with Crippen molar-refractivity contribution in [3.05, 3.63) is 358 Å². The summed E-state index contributed by atoms with van der Waals surface area (Å²) in [5.74, 6) is 4.98. The molecule has 0 aliphatic heterocycles. The van der Waals surface area contributed by atoms with Crippen molar-refractivity contribution in [1.29, 1.82) is 0 Å². The van der Waals surface area contributed by atoms with Gasteiger partial charge in [0.2, 0.25) is 0 Å². The second kappa shape index (κ2) is 41.1. The summed E-state index contributed by atoms with van der Waals surface area (Å²) in [5, 5.41) is 0. The van der Waals surface area contributed by atoms with Crippen molar-refractivity contribution in [2.45, 2.75) is 83.1 Å². The van der Waals surface area contributed by atoms with Crippen LogP contribution in [0.25, 0.3) is 0 Å². The Labute approximate surface area is 658 Å². The Bertz CT molecular complexity index is 3870. The van der Waals surface area contributed by atoms with Crippen LogP contribution in [0.4, 0.5) is 0 Å². The average molecular weight is 1640 g/mol. The number of rotatable bonds is 24. The van der Waals surface area contributed by atoms with Gasteiger partial charge in [0.1, 0.15) is 69.0 Å². The minimum absolute atomic E-state index is 0. The van der Waals surface area contributed by atoms with E-state index in [2.05, 4.69) is 0 Å². The summed E-state index contributed by atoms with van der Waals surface area (Å²) in [4.78, 5) is 0. The van der Waals surface area contributed by atoms with Crippen molar-refractivity contribution < 1.29 is 121 Å². The van der Waals surface area contributed by atoms with Crippen LogP contribution in [0.15, 0.2) is 291 Å². The summed E-state index contributed by atoms with van der Waals surface area (Å²) in [6, 6.07) is 86.6. The molecule has 0 unspecified atom stereocenters. The Morgan fingerprint density at radius 2 is 0.236 bits per heavy atom. The van der Waals surface area contributed by atoms with Gasteiger partial charge in [-0.15, -0.1) is 0 Å². The maximum absolute atomic E-state index is 13.3. The molecule has 12 aromatic carbocycles. The molecular formula is C84H85ClO20P4Zn+2. The van der Waals surface area contributed by atoms with E-state index in [0.717, 1.165) is 66.8 Å². The zero-order valence-corrected chi connectivity index (χ0v) is 70.1. The molecule has 0 saturated carbocycles. The van der Waals surface area contributed by atoms with Crippen LogP contribution < -0.4 is 68.3 Å². The third kappa shape index (κ3) is 31.9. The molecule has 0 bridgehead atoms. The van der Waals surface area contributed by atoms with Crippen molar-refractivity contribution in [3.8, 4) is 69.0 Å². The third-order valence-electron chi connectivity index (χ3n) is 14.9.